The van der Waals surface area contributed by atoms with Gasteiger partial charge < -0.3 is 10.4 Å². The van der Waals surface area contributed by atoms with Crippen molar-refractivity contribution < 1.29 is 9.90 Å². The Morgan fingerprint density at radius 1 is 1.53 bits per heavy atom. The molecule has 0 fully saturated rings. The molecule has 0 aliphatic carbocycles. The molecule has 0 saturated carbocycles. The van der Waals surface area contributed by atoms with Gasteiger partial charge in [0.1, 0.15) is 0 Å². The van der Waals surface area contributed by atoms with Crippen LogP contribution in [0.3, 0.4) is 0 Å². The minimum absolute atomic E-state index is 0.226. The highest BCUT2D eigenvalue weighted by Gasteiger charge is 2.18. The molecular weight excluding hydrogens is 262 g/mol. The normalized spacial score (nSPS) is 14.3. The van der Waals surface area contributed by atoms with Gasteiger partial charge >= 0.3 is 0 Å². The third-order valence-corrected chi connectivity index (χ3v) is 2.94. The number of aliphatic hydroxyl groups is 1. The summed E-state index contributed by atoms with van der Waals surface area (Å²) >= 11 is 5.85. The molecular formula is C15H20ClNO2. The minimum Gasteiger partial charge on any atom is -0.388 e. The molecule has 1 amide bonds. The van der Waals surface area contributed by atoms with Crippen molar-refractivity contribution in [1.29, 1.82) is 0 Å². The molecule has 1 atom stereocenters. The van der Waals surface area contributed by atoms with E-state index in [-0.39, 0.29) is 12.5 Å². The van der Waals surface area contributed by atoms with Crippen LogP contribution in [0.5, 0.6) is 0 Å². The molecule has 104 valence electrons. The van der Waals surface area contributed by atoms with Gasteiger partial charge in [-0.2, -0.15) is 0 Å². The summed E-state index contributed by atoms with van der Waals surface area (Å²) in [7, 11) is 0. The smallest absolute Gasteiger partial charge is 0.244 e. The Labute approximate surface area is 119 Å². The van der Waals surface area contributed by atoms with E-state index in [1.54, 1.807) is 25.1 Å². The van der Waals surface area contributed by atoms with E-state index in [9.17, 15) is 9.90 Å². The monoisotopic (exact) mass is 281 g/mol. The summed E-state index contributed by atoms with van der Waals surface area (Å²) in [6.07, 6.45) is 4.66. The molecule has 0 bridgehead atoms. The quantitative estimate of drug-likeness (QED) is 0.788. The summed E-state index contributed by atoms with van der Waals surface area (Å²) in [4.78, 5) is 11.6. The molecule has 0 aliphatic heterocycles. The van der Waals surface area contributed by atoms with Gasteiger partial charge in [-0.05, 0) is 37.1 Å². The fourth-order valence-corrected chi connectivity index (χ4v) is 1.94. The molecule has 0 aromatic heterocycles. The third kappa shape index (κ3) is 6.41. The maximum Gasteiger partial charge on any atom is 0.244 e. The molecule has 1 unspecified atom stereocenters. The van der Waals surface area contributed by atoms with E-state index in [0.29, 0.717) is 11.4 Å². The van der Waals surface area contributed by atoms with Gasteiger partial charge in [0.05, 0.1) is 5.60 Å². The highest BCUT2D eigenvalue weighted by atomic mass is 35.5. The van der Waals surface area contributed by atoms with Gasteiger partial charge in [-0.25, -0.2) is 0 Å². The zero-order chi connectivity index (χ0) is 14.3. The van der Waals surface area contributed by atoms with Gasteiger partial charge in [0.2, 0.25) is 5.91 Å². The van der Waals surface area contributed by atoms with Gasteiger partial charge in [-0.1, -0.05) is 37.1 Å². The van der Waals surface area contributed by atoms with Crippen LogP contribution in [0, 0.1) is 0 Å². The molecule has 1 aromatic rings. The average molecular weight is 282 g/mol. The lowest BCUT2D eigenvalue weighted by molar-refractivity contribution is -0.117. The molecule has 1 rings (SSSR count). The van der Waals surface area contributed by atoms with Crippen LogP contribution in [0.2, 0.25) is 5.02 Å². The largest absolute Gasteiger partial charge is 0.388 e. The summed E-state index contributed by atoms with van der Waals surface area (Å²) < 4.78 is 0. The van der Waals surface area contributed by atoms with Crippen molar-refractivity contribution in [3.05, 3.63) is 40.9 Å². The molecule has 19 heavy (non-hydrogen) atoms. The lowest BCUT2D eigenvalue weighted by Gasteiger charge is -2.22. The molecule has 0 saturated heterocycles. The summed E-state index contributed by atoms with van der Waals surface area (Å²) in [6, 6.07) is 7.24. The maximum atomic E-state index is 11.6. The second kappa shape index (κ2) is 7.31. The zero-order valence-corrected chi connectivity index (χ0v) is 12.1. The minimum atomic E-state index is -0.853. The van der Waals surface area contributed by atoms with E-state index in [1.165, 1.54) is 6.08 Å². The van der Waals surface area contributed by atoms with E-state index in [2.05, 4.69) is 5.32 Å². The Hall–Kier alpha value is -1.32. The number of benzene rings is 1. The van der Waals surface area contributed by atoms with Crippen LogP contribution in [0.15, 0.2) is 30.3 Å². The number of carbonyl (C=O) groups is 1. The summed E-state index contributed by atoms with van der Waals surface area (Å²) in [6.45, 7) is 3.96. The number of hydrogen-bond acceptors (Lipinski definition) is 2. The maximum absolute atomic E-state index is 11.6. The van der Waals surface area contributed by atoms with Gasteiger partial charge in [0.15, 0.2) is 0 Å². The Morgan fingerprint density at radius 2 is 2.26 bits per heavy atom. The highest BCUT2D eigenvalue weighted by molar-refractivity contribution is 6.30. The van der Waals surface area contributed by atoms with Crippen molar-refractivity contribution in [3.63, 3.8) is 0 Å². The fraction of sp³-hybridized carbons (Fsp3) is 0.400. The summed E-state index contributed by atoms with van der Waals surface area (Å²) in [5.41, 5.74) is 0.0110. The predicted octanol–water partition coefficient (Wildman–Crippen LogP) is 3.02. The Kier molecular flexibility index (Phi) is 6.06. The first-order valence-corrected chi connectivity index (χ1v) is 6.74. The van der Waals surface area contributed by atoms with Gasteiger partial charge in [0, 0.05) is 17.6 Å². The second-order valence-corrected chi connectivity index (χ2v) is 5.29. The van der Waals surface area contributed by atoms with Gasteiger partial charge in [0.25, 0.3) is 0 Å². The molecule has 1 aromatic carbocycles. The number of rotatable bonds is 6. The van der Waals surface area contributed by atoms with Gasteiger partial charge in [-0.15, -0.1) is 0 Å². The number of carbonyl (C=O) groups excluding carboxylic acids is 1. The lowest BCUT2D eigenvalue weighted by Crippen LogP contribution is -2.39. The molecule has 4 heteroatoms. The fourth-order valence-electron chi connectivity index (χ4n) is 1.75. The molecule has 2 N–H and O–H groups in total. The second-order valence-electron chi connectivity index (χ2n) is 4.85. The van der Waals surface area contributed by atoms with Gasteiger partial charge in [-0.3, -0.25) is 4.79 Å². The van der Waals surface area contributed by atoms with Crippen LogP contribution >= 0.6 is 11.6 Å². The summed E-state index contributed by atoms with van der Waals surface area (Å²) in [5, 5.41) is 13.2. The Morgan fingerprint density at radius 3 is 2.89 bits per heavy atom. The van der Waals surface area contributed by atoms with E-state index in [1.807, 2.05) is 19.1 Å². The molecule has 0 aliphatic rings. The van der Waals surface area contributed by atoms with Crippen molar-refractivity contribution in [2.45, 2.75) is 32.3 Å². The lowest BCUT2D eigenvalue weighted by atomic mass is 10.0. The van der Waals surface area contributed by atoms with E-state index < -0.39 is 5.60 Å². The Bertz CT molecular complexity index is 455. The SMILES string of the molecule is CCCC(C)(O)CNC(=O)/C=C/c1cccc(Cl)c1. The first-order valence-electron chi connectivity index (χ1n) is 6.37. The number of nitrogens with one attached hydrogen (secondary N) is 1. The standard InChI is InChI=1S/C15H20ClNO2/c1-3-9-15(2,19)11-17-14(18)8-7-12-5-4-6-13(16)10-12/h4-8,10,19H,3,9,11H2,1-2H3,(H,17,18)/b8-7+. The molecule has 3 nitrogen and oxygen atoms in total. The van der Waals surface area contributed by atoms with Crippen LogP contribution in [-0.4, -0.2) is 23.2 Å². The van der Waals surface area contributed by atoms with Crippen molar-refractivity contribution in [2.24, 2.45) is 0 Å². The number of halogens is 1. The molecule has 0 spiro atoms. The highest BCUT2D eigenvalue weighted by Crippen LogP contribution is 2.12. The van der Waals surface area contributed by atoms with Crippen LogP contribution in [0.1, 0.15) is 32.3 Å². The van der Waals surface area contributed by atoms with E-state index >= 15 is 0 Å². The average Bonchev–Trinajstić information content (AvgIpc) is 2.34. The third-order valence-electron chi connectivity index (χ3n) is 2.71. The first kappa shape index (κ1) is 15.7. The van der Waals surface area contributed by atoms with Crippen molar-refractivity contribution >= 4 is 23.6 Å². The van der Waals surface area contributed by atoms with Crippen molar-refractivity contribution in [2.75, 3.05) is 6.54 Å². The van der Waals surface area contributed by atoms with Crippen LogP contribution in [-0.2, 0) is 4.79 Å². The van der Waals surface area contributed by atoms with Crippen LogP contribution < -0.4 is 5.32 Å². The van der Waals surface area contributed by atoms with Crippen LogP contribution in [0.4, 0.5) is 0 Å². The first-order chi connectivity index (χ1) is 8.93. The van der Waals surface area contributed by atoms with Crippen molar-refractivity contribution in [1.82, 2.24) is 5.32 Å². The van der Waals surface area contributed by atoms with E-state index in [4.69, 9.17) is 11.6 Å². The number of amides is 1. The van der Waals surface area contributed by atoms with E-state index in [0.717, 1.165) is 12.0 Å². The van der Waals surface area contributed by atoms with Crippen LogP contribution in [0.25, 0.3) is 6.08 Å². The predicted molar refractivity (Wildman–Crippen MR) is 79.0 cm³/mol. The van der Waals surface area contributed by atoms with Crippen molar-refractivity contribution in [3.8, 4) is 0 Å². The molecule has 0 heterocycles. The zero-order valence-electron chi connectivity index (χ0n) is 11.3. The Balaban J connectivity index is 2.47. The molecule has 0 radical (unpaired) electrons. The number of hydrogen-bond donors (Lipinski definition) is 2. The summed E-state index contributed by atoms with van der Waals surface area (Å²) in [5.74, 6) is -0.226. The topological polar surface area (TPSA) is 49.3 Å².